The van der Waals surface area contributed by atoms with E-state index in [1.165, 1.54) is 6.42 Å². The highest BCUT2D eigenvalue weighted by Crippen LogP contribution is 2.26. The van der Waals surface area contributed by atoms with Crippen LogP contribution in [0, 0.1) is 11.8 Å². The second-order valence-electron chi connectivity index (χ2n) is 6.70. The minimum absolute atomic E-state index is 0.344. The maximum absolute atomic E-state index is 5.96. The van der Waals surface area contributed by atoms with Gasteiger partial charge in [-0.2, -0.15) is 4.98 Å². The van der Waals surface area contributed by atoms with Crippen molar-refractivity contribution >= 4 is 11.8 Å². The summed E-state index contributed by atoms with van der Waals surface area (Å²) in [5.41, 5.74) is 0. The van der Waals surface area contributed by atoms with Crippen molar-refractivity contribution in [1.29, 1.82) is 0 Å². The highest BCUT2D eigenvalue weighted by atomic mass is 16.5. The lowest BCUT2D eigenvalue weighted by atomic mass is 9.87. The number of nitrogens with zero attached hydrogens (tertiary/aromatic N) is 3. The van der Waals surface area contributed by atoms with Gasteiger partial charge in [-0.05, 0) is 24.8 Å². The van der Waals surface area contributed by atoms with Gasteiger partial charge in [0.1, 0.15) is 5.82 Å². The van der Waals surface area contributed by atoms with Crippen LogP contribution in [0.15, 0.2) is 12.3 Å². The van der Waals surface area contributed by atoms with E-state index in [2.05, 4.69) is 34.0 Å². The molecular formula is C17H28N4O2. The molecule has 0 bridgehead atoms. The molecule has 1 aromatic rings. The first-order valence-electron chi connectivity index (χ1n) is 8.75. The summed E-state index contributed by atoms with van der Waals surface area (Å²) in [5, 5.41) is 3.49. The molecule has 2 atom stereocenters. The Bertz CT molecular complexity index is 491. The van der Waals surface area contributed by atoms with Crippen LogP contribution in [-0.2, 0) is 9.47 Å². The van der Waals surface area contributed by atoms with Crippen molar-refractivity contribution in [1.82, 2.24) is 9.97 Å². The monoisotopic (exact) mass is 320 g/mol. The molecule has 0 amide bonds. The van der Waals surface area contributed by atoms with E-state index in [9.17, 15) is 0 Å². The predicted molar refractivity (Wildman–Crippen MR) is 90.9 cm³/mol. The smallest absolute Gasteiger partial charge is 0.227 e. The molecule has 2 aliphatic rings. The van der Waals surface area contributed by atoms with E-state index in [1.807, 2.05) is 12.3 Å². The Morgan fingerprint density at radius 1 is 1.30 bits per heavy atom. The predicted octanol–water partition coefficient (Wildman–Crippen LogP) is 2.18. The quantitative estimate of drug-likeness (QED) is 0.897. The summed E-state index contributed by atoms with van der Waals surface area (Å²) in [5.74, 6) is 2.79. The molecule has 1 N–H and O–H groups in total. The highest BCUT2D eigenvalue weighted by molar-refractivity contribution is 5.41. The SMILES string of the molecule is CC(C)[C@H]1OCCC[C@@H]1CNc1ccnc(N2CCOCC2)n1. The van der Waals surface area contributed by atoms with Crippen LogP contribution < -0.4 is 10.2 Å². The minimum atomic E-state index is 0.344. The van der Waals surface area contributed by atoms with Gasteiger partial charge in [-0.15, -0.1) is 0 Å². The number of hydrogen-bond donors (Lipinski definition) is 1. The number of anilines is 2. The van der Waals surface area contributed by atoms with E-state index in [0.29, 0.717) is 17.9 Å². The second kappa shape index (κ2) is 7.93. The van der Waals surface area contributed by atoms with Gasteiger partial charge in [-0.3, -0.25) is 0 Å². The lowest BCUT2D eigenvalue weighted by Crippen LogP contribution is -2.38. The molecule has 0 unspecified atom stereocenters. The maximum atomic E-state index is 5.96. The summed E-state index contributed by atoms with van der Waals surface area (Å²) < 4.78 is 11.4. The average Bonchev–Trinajstić information content (AvgIpc) is 2.61. The van der Waals surface area contributed by atoms with E-state index < -0.39 is 0 Å². The van der Waals surface area contributed by atoms with Crippen molar-refractivity contribution in [3.05, 3.63) is 12.3 Å². The van der Waals surface area contributed by atoms with Gasteiger partial charge in [-0.25, -0.2) is 4.98 Å². The molecule has 6 nitrogen and oxygen atoms in total. The molecule has 6 heteroatoms. The summed E-state index contributed by atoms with van der Waals surface area (Å²) in [6.45, 7) is 9.49. The molecule has 2 aliphatic heterocycles. The molecule has 1 aromatic heterocycles. The number of hydrogen-bond acceptors (Lipinski definition) is 6. The minimum Gasteiger partial charge on any atom is -0.378 e. The Morgan fingerprint density at radius 3 is 2.91 bits per heavy atom. The number of aromatic nitrogens is 2. The van der Waals surface area contributed by atoms with Crippen LogP contribution in [0.4, 0.5) is 11.8 Å². The topological polar surface area (TPSA) is 59.5 Å². The van der Waals surface area contributed by atoms with E-state index in [4.69, 9.17) is 9.47 Å². The van der Waals surface area contributed by atoms with E-state index in [0.717, 1.165) is 57.6 Å². The van der Waals surface area contributed by atoms with E-state index in [1.54, 1.807) is 0 Å². The molecule has 0 saturated carbocycles. The third-order valence-corrected chi connectivity index (χ3v) is 4.63. The van der Waals surface area contributed by atoms with Gasteiger partial charge >= 0.3 is 0 Å². The molecule has 3 heterocycles. The van der Waals surface area contributed by atoms with Crippen LogP contribution in [-0.4, -0.2) is 55.5 Å². The number of ether oxygens (including phenoxy) is 2. The van der Waals surface area contributed by atoms with Crippen molar-refractivity contribution in [3.8, 4) is 0 Å². The first kappa shape index (κ1) is 16.5. The van der Waals surface area contributed by atoms with Crippen molar-refractivity contribution in [2.24, 2.45) is 11.8 Å². The Labute approximate surface area is 138 Å². The Morgan fingerprint density at radius 2 is 2.13 bits per heavy atom. The van der Waals surface area contributed by atoms with Crippen LogP contribution in [0.3, 0.4) is 0 Å². The lowest BCUT2D eigenvalue weighted by Gasteiger charge is -2.34. The third-order valence-electron chi connectivity index (χ3n) is 4.63. The third kappa shape index (κ3) is 4.32. The molecule has 2 fully saturated rings. The van der Waals surface area contributed by atoms with E-state index in [-0.39, 0.29) is 0 Å². The lowest BCUT2D eigenvalue weighted by molar-refractivity contribution is -0.0481. The number of morpholine rings is 1. The first-order chi connectivity index (χ1) is 11.2. The van der Waals surface area contributed by atoms with Crippen LogP contribution in [0.25, 0.3) is 0 Å². The summed E-state index contributed by atoms with van der Waals surface area (Å²) in [7, 11) is 0. The normalized spacial score (nSPS) is 25.6. The molecule has 0 radical (unpaired) electrons. The zero-order valence-corrected chi connectivity index (χ0v) is 14.2. The van der Waals surface area contributed by atoms with Crippen LogP contribution in [0.2, 0.25) is 0 Å². The van der Waals surface area contributed by atoms with Gasteiger partial charge in [0.2, 0.25) is 5.95 Å². The number of rotatable bonds is 5. The molecule has 23 heavy (non-hydrogen) atoms. The second-order valence-corrected chi connectivity index (χ2v) is 6.70. The molecule has 0 aromatic carbocycles. The molecule has 0 aliphatic carbocycles. The largest absolute Gasteiger partial charge is 0.378 e. The van der Waals surface area contributed by atoms with Crippen molar-refractivity contribution in [3.63, 3.8) is 0 Å². The van der Waals surface area contributed by atoms with E-state index >= 15 is 0 Å². The Kier molecular flexibility index (Phi) is 5.67. The van der Waals surface area contributed by atoms with Gasteiger partial charge in [-0.1, -0.05) is 13.8 Å². The van der Waals surface area contributed by atoms with Crippen molar-refractivity contribution in [2.75, 3.05) is 49.7 Å². The van der Waals surface area contributed by atoms with Crippen LogP contribution in [0.1, 0.15) is 26.7 Å². The standard InChI is InChI=1S/C17H28N4O2/c1-13(2)16-14(4-3-9-23-16)12-19-15-5-6-18-17(20-15)21-7-10-22-11-8-21/h5-6,13-14,16H,3-4,7-12H2,1-2H3,(H,18,19,20)/t14-,16-/m1/s1. The molecule has 2 saturated heterocycles. The van der Waals surface area contributed by atoms with Gasteiger partial charge in [0, 0.05) is 38.4 Å². The Balaban J connectivity index is 1.59. The summed E-state index contributed by atoms with van der Waals surface area (Å²) >= 11 is 0. The maximum Gasteiger partial charge on any atom is 0.227 e. The van der Waals surface area contributed by atoms with Gasteiger partial charge < -0.3 is 19.7 Å². The Hall–Kier alpha value is -1.40. The average molecular weight is 320 g/mol. The van der Waals surface area contributed by atoms with Crippen molar-refractivity contribution < 1.29 is 9.47 Å². The zero-order valence-electron chi connectivity index (χ0n) is 14.2. The van der Waals surface area contributed by atoms with Gasteiger partial charge in [0.25, 0.3) is 0 Å². The fourth-order valence-corrected chi connectivity index (χ4v) is 3.42. The molecule has 128 valence electrons. The molecular weight excluding hydrogens is 292 g/mol. The van der Waals surface area contributed by atoms with Gasteiger partial charge in [0.15, 0.2) is 0 Å². The molecule has 0 spiro atoms. The fraction of sp³-hybridized carbons (Fsp3) is 0.765. The number of nitrogens with one attached hydrogen (secondary N) is 1. The fourth-order valence-electron chi connectivity index (χ4n) is 3.42. The van der Waals surface area contributed by atoms with Crippen LogP contribution in [0.5, 0.6) is 0 Å². The highest BCUT2D eigenvalue weighted by Gasteiger charge is 2.28. The van der Waals surface area contributed by atoms with Crippen LogP contribution >= 0.6 is 0 Å². The summed E-state index contributed by atoms with van der Waals surface area (Å²) in [6.07, 6.45) is 4.55. The van der Waals surface area contributed by atoms with Crippen molar-refractivity contribution in [2.45, 2.75) is 32.8 Å². The van der Waals surface area contributed by atoms with Gasteiger partial charge in [0.05, 0.1) is 19.3 Å². The summed E-state index contributed by atoms with van der Waals surface area (Å²) in [6, 6.07) is 1.94. The first-order valence-corrected chi connectivity index (χ1v) is 8.75. The molecule has 3 rings (SSSR count). The zero-order chi connectivity index (χ0) is 16.1. The summed E-state index contributed by atoms with van der Waals surface area (Å²) in [4.78, 5) is 11.2.